The van der Waals surface area contributed by atoms with Gasteiger partial charge in [-0.25, -0.2) is 4.68 Å². The summed E-state index contributed by atoms with van der Waals surface area (Å²) in [5.41, 5.74) is 3.89. The molecule has 0 bridgehead atoms. The van der Waals surface area contributed by atoms with Crippen LogP contribution in [-0.4, -0.2) is 39.3 Å². The highest BCUT2D eigenvalue weighted by atomic mass is 16.5. The number of carbonyl (C=O) groups is 2. The topological polar surface area (TPSA) is 81.4 Å². The first-order valence-corrected chi connectivity index (χ1v) is 11.9. The van der Waals surface area contributed by atoms with E-state index in [0.717, 1.165) is 39.9 Å². The minimum absolute atomic E-state index is 0.0444. The smallest absolute Gasteiger partial charge is 0.240 e. The second-order valence-corrected chi connectivity index (χ2v) is 8.78. The summed E-state index contributed by atoms with van der Waals surface area (Å²) >= 11 is 0. The van der Waals surface area contributed by atoms with Crippen LogP contribution in [0.4, 0.5) is 5.82 Å². The van der Waals surface area contributed by atoms with Crippen LogP contribution in [0.1, 0.15) is 25.3 Å². The molecule has 0 spiro atoms. The Morgan fingerprint density at radius 2 is 1.94 bits per heavy atom. The van der Waals surface area contributed by atoms with Gasteiger partial charge in [-0.2, -0.15) is 5.10 Å². The van der Waals surface area contributed by atoms with E-state index in [0.29, 0.717) is 31.9 Å². The lowest BCUT2D eigenvalue weighted by molar-refractivity contribution is -0.124. The monoisotopic (exact) mass is 471 g/mol. The molecule has 8 nitrogen and oxygen atoms in total. The largest absolute Gasteiger partial charge is 0.494 e. The number of benzene rings is 2. The molecule has 0 unspecified atom stereocenters. The average Bonchev–Trinajstić information content (AvgIpc) is 3.45. The lowest BCUT2D eigenvalue weighted by atomic mass is 10.1. The van der Waals surface area contributed by atoms with Crippen LogP contribution in [0.25, 0.3) is 22.2 Å². The minimum Gasteiger partial charge on any atom is -0.494 e. The van der Waals surface area contributed by atoms with E-state index >= 15 is 0 Å². The predicted octanol–water partition coefficient (Wildman–Crippen LogP) is 3.88. The number of ether oxygens (including phenoxy) is 1. The number of nitrogens with one attached hydrogen (secondary N) is 1. The van der Waals surface area contributed by atoms with Crippen molar-refractivity contribution in [3.8, 4) is 17.0 Å². The molecule has 0 radical (unpaired) electrons. The van der Waals surface area contributed by atoms with Crippen LogP contribution in [0, 0.1) is 0 Å². The first-order valence-electron chi connectivity index (χ1n) is 11.9. The van der Waals surface area contributed by atoms with Crippen molar-refractivity contribution in [2.75, 3.05) is 18.1 Å². The van der Waals surface area contributed by atoms with Crippen molar-refractivity contribution in [2.24, 2.45) is 7.05 Å². The van der Waals surface area contributed by atoms with Crippen LogP contribution in [0.3, 0.4) is 0 Å². The van der Waals surface area contributed by atoms with Crippen molar-refractivity contribution < 1.29 is 14.3 Å². The number of nitrogens with zero attached hydrogens (tertiary/aromatic N) is 4. The van der Waals surface area contributed by atoms with Crippen molar-refractivity contribution >= 4 is 28.5 Å². The van der Waals surface area contributed by atoms with Crippen molar-refractivity contribution in [3.63, 3.8) is 0 Å². The summed E-state index contributed by atoms with van der Waals surface area (Å²) in [6, 6.07) is 17.7. The molecule has 0 saturated heterocycles. The Bertz CT molecular complexity index is 1370. The number of hydrogen-bond acceptors (Lipinski definition) is 4. The van der Waals surface area contributed by atoms with Crippen molar-refractivity contribution in [1.82, 2.24) is 19.7 Å². The molecule has 1 aliphatic heterocycles. The summed E-state index contributed by atoms with van der Waals surface area (Å²) in [6.07, 6.45) is 3.32. The number of rotatable bonds is 8. The highest BCUT2D eigenvalue weighted by molar-refractivity contribution is 6.00. The third kappa shape index (κ3) is 4.64. The molecule has 2 aromatic heterocycles. The van der Waals surface area contributed by atoms with Gasteiger partial charge >= 0.3 is 0 Å². The Hall–Kier alpha value is -4.07. The van der Waals surface area contributed by atoms with Crippen LogP contribution in [0.15, 0.2) is 60.8 Å². The molecular formula is C27H29N5O3. The predicted molar refractivity (Wildman–Crippen MR) is 135 cm³/mol. The number of anilines is 1. The van der Waals surface area contributed by atoms with Gasteiger partial charge < -0.3 is 14.6 Å². The second-order valence-electron chi connectivity index (χ2n) is 8.78. The third-order valence-electron chi connectivity index (χ3n) is 6.23. The molecule has 1 aliphatic rings. The summed E-state index contributed by atoms with van der Waals surface area (Å²) in [7, 11) is 2.01. The zero-order chi connectivity index (χ0) is 24.4. The van der Waals surface area contributed by atoms with Gasteiger partial charge in [0.05, 0.1) is 18.8 Å². The average molecular weight is 472 g/mol. The van der Waals surface area contributed by atoms with E-state index in [1.807, 2.05) is 54.2 Å². The number of hydrogen-bond donors (Lipinski definition) is 1. The number of aryl methyl sites for hydroxylation is 2. The van der Waals surface area contributed by atoms with Gasteiger partial charge in [-0.15, -0.1) is 0 Å². The zero-order valence-electron chi connectivity index (χ0n) is 20.0. The maximum Gasteiger partial charge on any atom is 0.240 e. The number of amides is 2. The molecule has 35 heavy (non-hydrogen) atoms. The SMILES string of the molecule is CCCOc1ccc(CNC(=O)CN2C(=O)CCn3nc(-c4cn(C)c5ccccc45)cc32)cc1. The van der Waals surface area contributed by atoms with Gasteiger partial charge in [-0.3, -0.25) is 14.5 Å². The third-order valence-corrected chi connectivity index (χ3v) is 6.23. The van der Waals surface area contributed by atoms with Crippen LogP contribution in [-0.2, 0) is 29.7 Å². The van der Waals surface area contributed by atoms with Crippen LogP contribution in [0.2, 0.25) is 0 Å². The van der Waals surface area contributed by atoms with Gasteiger partial charge in [0.1, 0.15) is 18.1 Å². The highest BCUT2D eigenvalue weighted by Crippen LogP contribution is 2.33. The van der Waals surface area contributed by atoms with E-state index in [9.17, 15) is 9.59 Å². The van der Waals surface area contributed by atoms with Gasteiger partial charge in [0, 0.05) is 48.7 Å². The van der Waals surface area contributed by atoms with E-state index in [1.54, 1.807) is 0 Å². The normalized spacial score (nSPS) is 13.2. The van der Waals surface area contributed by atoms with Crippen molar-refractivity contribution in [1.29, 1.82) is 0 Å². The van der Waals surface area contributed by atoms with Gasteiger partial charge in [0.25, 0.3) is 0 Å². The van der Waals surface area contributed by atoms with E-state index in [-0.39, 0.29) is 18.4 Å². The van der Waals surface area contributed by atoms with Gasteiger partial charge in [0.15, 0.2) is 0 Å². The lowest BCUT2D eigenvalue weighted by Crippen LogP contribution is -2.44. The van der Waals surface area contributed by atoms with E-state index in [4.69, 9.17) is 9.84 Å². The fourth-order valence-electron chi connectivity index (χ4n) is 4.42. The second kappa shape index (κ2) is 9.66. The Kier molecular flexibility index (Phi) is 6.27. The summed E-state index contributed by atoms with van der Waals surface area (Å²) in [5, 5.41) is 8.79. The fraction of sp³-hybridized carbons (Fsp3) is 0.296. The molecule has 2 amide bonds. The standard InChI is InChI=1S/C27H29N5O3/c1-3-14-35-20-10-8-19(9-11-20)16-28-25(33)18-31-26-15-23(29-32(26)13-12-27(31)34)22-17-30(2)24-7-5-4-6-21(22)24/h4-11,15,17H,3,12-14,16,18H2,1-2H3,(H,28,33). The Balaban J connectivity index is 1.29. The van der Waals surface area contributed by atoms with Crippen molar-refractivity contribution in [3.05, 3.63) is 66.4 Å². The Morgan fingerprint density at radius 3 is 2.74 bits per heavy atom. The summed E-state index contributed by atoms with van der Waals surface area (Å²) in [5.74, 6) is 1.17. The Labute approximate surface area is 204 Å². The van der Waals surface area contributed by atoms with E-state index in [1.165, 1.54) is 4.90 Å². The van der Waals surface area contributed by atoms with E-state index in [2.05, 4.69) is 35.1 Å². The van der Waals surface area contributed by atoms with Gasteiger partial charge in [-0.05, 0) is 30.2 Å². The fourth-order valence-corrected chi connectivity index (χ4v) is 4.42. The van der Waals surface area contributed by atoms with Crippen molar-refractivity contribution in [2.45, 2.75) is 32.9 Å². The van der Waals surface area contributed by atoms with Crippen LogP contribution in [0.5, 0.6) is 5.75 Å². The number of aromatic nitrogens is 3. The molecule has 3 heterocycles. The first-order chi connectivity index (χ1) is 17.0. The maximum absolute atomic E-state index is 12.7. The molecular weight excluding hydrogens is 442 g/mol. The number of para-hydroxylation sites is 1. The number of carbonyl (C=O) groups excluding carboxylic acids is 2. The Morgan fingerprint density at radius 1 is 1.14 bits per heavy atom. The van der Waals surface area contributed by atoms with Gasteiger partial charge in [-0.1, -0.05) is 37.3 Å². The molecule has 180 valence electrons. The number of fused-ring (bicyclic) bond motifs is 2. The summed E-state index contributed by atoms with van der Waals surface area (Å²) < 4.78 is 9.49. The molecule has 5 rings (SSSR count). The van der Waals surface area contributed by atoms with Crippen LogP contribution >= 0.6 is 0 Å². The molecule has 0 aliphatic carbocycles. The van der Waals surface area contributed by atoms with Gasteiger partial charge in [0.2, 0.25) is 11.8 Å². The molecule has 8 heteroatoms. The minimum atomic E-state index is -0.217. The highest BCUT2D eigenvalue weighted by Gasteiger charge is 2.28. The van der Waals surface area contributed by atoms with Crippen LogP contribution < -0.4 is 15.0 Å². The molecule has 0 saturated carbocycles. The molecule has 2 aromatic carbocycles. The maximum atomic E-state index is 12.7. The first kappa shape index (κ1) is 22.7. The lowest BCUT2D eigenvalue weighted by Gasteiger charge is -2.26. The summed E-state index contributed by atoms with van der Waals surface area (Å²) in [6.45, 7) is 3.59. The quantitative estimate of drug-likeness (QED) is 0.423. The van der Waals surface area contributed by atoms with E-state index < -0.39 is 0 Å². The zero-order valence-corrected chi connectivity index (χ0v) is 20.0. The molecule has 0 atom stereocenters. The molecule has 1 N–H and O–H groups in total. The summed E-state index contributed by atoms with van der Waals surface area (Å²) in [4.78, 5) is 27.0. The molecule has 0 fully saturated rings. The molecule has 4 aromatic rings.